The van der Waals surface area contributed by atoms with Crippen LogP contribution in [-0.2, 0) is 9.83 Å². The molecule has 80 valence electrons. The number of aryl methyl sites for hydroxylation is 2. The summed E-state index contributed by atoms with van der Waals surface area (Å²) in [5.41, 5.74) is 0. The molecule has 2 aromatic rings. The Morgan fingerprint density at radius 1 is 1.13 bits per heavy atom. The summed E-state index contributed by atoms with van der Waals surface area (Å²) in [6.45, 7) is 3.65. The normalized spacial score (nSPS) is 12.9. The zero-order valence-electron chi connectivity index (χ0n) is 8.35. The highest BCUT2D eigenvalue weighted by molar-refractivity contribution is 8.69. The highest BCUT2D eigenvalue weighted by Gasteiger charge is 2.13. The van der Waals surface area contributed by atoms with Crippen LogP contribution in [0, 0.1) is 13.8 Å². The third-order valence-corrected chi connectivity index (χ3v) is 5.04. The minimum atomic E-state index is -1.14. The Morgan fingerprint density at radius 3 is 2.33 bits per heavy atom. The van der Waals surface area contributed by atoms with E-state index in [1.807, 2.05) is 13.0 Å². The lowest BCUT2D eigenvalue weighted by molar-refractivity contribution is 0.525. The van der Waals surface area contributed by atoms with Crippen LogP contribution in [-0.4, -0.2) is 4.21 Å². The van der Waals surface area contributed by atoms with Gasteiger partial charge in [-0.2, -0.15) is 0 Å². The van der Waals surface area contributed by atoms with E-state index in [-0.39, 0.29) is 0 Å². The van der Waals surface area contributed by atoms with Gasteiger partial charge < -0.3 is 8.83 Å². The molecule has 0 aliphatic heterocycles. The summed E-state index contributed by atoms with van der Waals surface area (Å²) < 4.78 is 22.2. The van der Waals surface area contributed by atoms with E-state index < -0.39 is 9.83 Å². The zero-order chi connectivity index (χ0) is 10.8. The molecule has 0 fully saturated rings. The van der Waals surface area contributed by atoms with Gasteiger partial charge in [-0.3, -0.25) is 0 Å². The van der Waals surface area contributed by atoms with Crippen molar-refractivity contribution in [3.05, 3.63) is 36.2 Å². The van der Waals surface area contributed by atoms with E-state index >= 15 is 0 Å². The standard InChI is InChI=1S/C10H10O3S2/c1-7-9(3-5-12-7)14-15(11)10-4-6-13-8(10)2/h3-6H,1-2H3. The van der Waals surface area contributed by atoms with Gasteiger partial charge in [0.15, 0.2) is 0 Å². The van der Waals surface area contributed by atoms with Crippen LogP contribution in [0.1, 0.15) is 11.5 Å². The first kappa shape index (κ1) is 10.6. The van der Waals surface area contributed by atoms with Gasteiger partial charge in [-0.05, 0) is 36.8 Å². The van der Waals surface area contributed by atoms with Crippen molar-refractivity contribution >= 4 is 20.6 Å². The Balaban J connectivity index is 2.18. The van der Waals surface area contributed by atoms with Crippen molar-refractivity contribution in [2.45, 2.75) is 23.6 Å². The first-order valence-electron chi connectivity index (χ1n) is 4.37. The van der Waals surface area contributed by atoms with Gasteiger partial charge in [-0.25, -0.2) is 4.21 Å². The Morgan fingerprint density at radius 2 is 1.80 bits per heavy atom. The third-order valence-electron chi connectivity index (χ3n) is 1.97. The SMILES string of the molecule is Cc1occc1SS(=O)c1ccoc1C. The van der Waals surface area contributed by atoms with Crippen molar-refractivity contribution in [3.8, 4) is 0 Å². The molecule has 3 nitrogen and oxygen atoms in total. The van der Waals surface area contributed by atoms with Gasteiger partial charge in [0.25, 0.3) is 0 Å². The zero-order valence-corrected chi connectivity index (χ0v) is 9.98. The minimum Gasteiger partial charge on any atom is -0.468 e. The minimum absolute atomic E-state index is 0.696. The largest absolute Gasteiger partial charge is 0.468 e. The van der Waals surface area contributed by atoms with Gasteiger partial charge in [-0.15, -0.1) is 0 Å². The van der Waals surface area contributed by atoms with E-state index in [1.165, 1.54) is 10.8 Å². The summed E-state index contributed by atoms with van der Waals surface area (Å²) in [5.74, 6) is 1.48. The van der Waals surface area contributed by atoms with Gasteiger partial charge in [0, 0.05) is 0 Å². The van der Waals surface area contributed by atoms with Gasteiger partial charge in [0.05, 0.1) is 22.3 Å². The average molecular weight is 242 g/mol. The van der Waals surface area contributed by atoms with E-state index in [0.717, 1.165) is 15.6 Å². The molecule has 2 aromatic heterocycles. The summed E-state index contributed by atoms with van der Waals surface area (Å²) in [4.78, 5) is 1.62. The summed E-state index contributed by atoms with van der Waals surface area (Å²) in [6.07, 6.45) is 3.14. The second-order valence-electron chi connectivity index (χ2n) is 3.00. The Bertz CT molecular complexity index is 484. The topological polar surface area (TPSA) is 43.4 Å². The Kier molecular flexibility index (Phi) is 3.02. The molecule has 0 spiro atoms. The lowest BCUT2D eigenvalue weighted by atomic mass is 10.5. The maximum absolute atomic E-state index is 11.9. The molecular weight excluding hydrogens is 232 g/mol. The fourth-order valence-electron chi connectivity index (χ4n) is 1.13. The predicted octanol–water partition coefficient (Wildman–Crippen LogP) is 3.30. The molecule has 1 unspecified atom stereocenters. The molecule has 15 heavy (non-hydrogen) atoms. The quantitative estimate of drug-likeness (QED) is 0.774. The number of furan rings is 2. The maximum atomic E-state index is 11.9. The molecule has 1 atom stereocenters. The van der Waals surface area contributed by atoms with E-state index in [1.54, 1.807) is 25.5 Å². The highest BCUT2D eigenvalue weighted by Crippen LogP contribution is 2.31. The van der Waals surface area contributed by atoms with Gasteiger partial charge in [-0.1, -0.05) is 0 Å². The molecule has 0 aliphatic carbocycles. The third kappa shape index (κ3) is 2.18. The Labute approximate surface area is 93.7 Å². The van der Waals surface area contributed by atoms with Crippen molar-refractivity contribution < 1.29 is 13.0 Å². The molecular formula is C10H10O3S2. The van der Waals surface area contributed by atoms with Crippen LogP contribution < -0.4 is 0 Å². The molecule has 2 heterocycles. The summed E-state index contributed by atoms with van der Waals surface area (Å²) in [6, 6.07) is 3.54. The predicted molar refractivity (Wildman–Crippen MR) is 59.2 cm³/mol. The van der Waals surface area contributed by atoms with Crippen molar-refractivity contribution in [1.82, 2.24) is 0 Å². The summed E-state index contributed by atoms with van der Waals surface area (Å²) in [7, 11) is 0.127. The van der Waals surface area contributed by atoms with Crippen LogP contribution >= 0.6 is 10.8 Å². The van der Waals surface area contributed by atoms with E-state index in [2.05, 4.69) is 0 Å². The van der Waals surface area contributed by atoms with E-state index in [9.17, 15) is 4.21 Å². The second kappa shape index (κ2) is 4.28. The van der Waals surface area contributed by atoms with Crippen LogP contribution in [0.5, 0.6) is 0 Å². The van der Waals surface area contributed by atoms with Crippen LogP contribution in [0.25, 0.3) is 0 Å². The van der Waals surface area contributed by atoms with Crippen molar-refractivity contribution in [1.29, 1.82) is 0 Å². The van der Waals surface area contributed by atoms with Crippen LogP contribution in [0.3, 0.4) is 0 Å². The molecule has 0 aromatic carbocycles. The lowest BCUT2D eigenvalue weighted by Crippen LogP contribution is -1.85. The molecule has 0 N–H and O–H groups in total. The number of rotatable bonds is 3. The molecule has 0 radical (unpaired) electrons. The Hall–Kier alpha value is -0.940. The number of hydrogen-bond donors (Lipinski definition) is 0. The summed E-state index contributed by atoms with van der Waals surface area (Å²) >= 11 is 0. The fraction of sp³-hybridized carbons (Fsp3) is 0.200. The molecule has 0 aliphatic rings. The lowest BCUT2D eigenvalue weighted by Gasteiger charge is -1.98. The van der Waals surface area contributed by atoms with Crippen LogP contribution in [0.2, 0.25) is 0 Å². The summed E-state index contributed by atoms with van der Waals surface area (Å²) in [5, 5.41) is 0. The van der Waals surface area contributed by atoms with Crippen molar-refractivity contribution in [3.63, 3.8) is 0 Å². The van der Waals surface area contributed by atoms with Crippen molar-refractivity contribution in [2.24, 2.45) is 0 Å². The smallest absolute Gasteiger partial charge is 0.121 e. The molecule has 0 saturated carbocycles. The van der Waals surface area contributed by atoms with Gasteiger partial charge in [0.1, 0.15) is 21.4 Å². The van der Waals surface area contributed by atoms with Gasteiger partial charge >= 0.3 is 0 Å². The highest BCUT2D eigenvalue weighted by atomic mass is 33.1. The van der Waals surface area contributed by atoms with Crippen molar-refractivity contribution in [2.75, 3.05) is 0 Å². The molecule has 0 bridgehead atoms. The fourth-order valence-corrected chi connectivity index (χ4v) is 3.91. The molecule has 0 amide bonds. The second-order valence-corrected chi connectivity index (χ2v) is 5.92. The van der Waals surface area contributed by atoms with Gasteiger partial charge in [0.2, 0.25) is 0 Å². The average Bonchev–Trinajstić information content (AvgIpc) is 2.76. The molecule has 5 heteroatoms. The van der Waals surface area contributed by atoms with E-state index in [4.69, 9.17) is 8.83 Å². The van der Waals surface area contributed by atoms with E-state index in [0.29, 0.717) is 5.76 Å². The molecule has 0 saturated heterocycles. The molecule has 2 rings (SSSR count). The first-order valence-corrected chi connectivity index (χ1v) is 6.85. The number of hydrogen-bond acceptors (Lipinski definition) is 4. The van der Waals surface area contributed by atoms with Crippen LogP contribution in [0.4, 0.5) is 0 Å². The van der Waals surface area contributed by atoms with Crippen LogP contribution in [0.15, 0.2) is 43.3 Å². The first-order chi connectivity index (χ1) is 7.18. The maximum Gasteiger partial charge on any atom is 0.121 e. The monoisotopic (exact) mass is 242 g/mol.